The molecule has 7 nitrogen and oxygen atoms in total. The lowest BCUT2D eigenvalue weighted by atomic mass is 9.99. The van der Waals surface area contributed by atoms with Crippen LogP contribution in [0.3, 0.4) is 0 Å². The summed E-state index contributed by atoms with van der Waals surface area (Å²) in [5, 5.41) is 12.8. The van der Waals surface area contributed by atoms with Crippen molar-refractivity contribution < 1.29 is 18.3 Å². The Labute approximate surface area is 105 Å². The van der Waals surface area contributed by atoms with Crippen molar-refractivity contribution in [2.75, 3.05) is 13.1 Å². The summed E-state index contributed by atoms with van der Waals surface area (Å²) in [6.07, 6.45) is 2.13. The highest BCUT2D eigenvalue weighted by Gasteiger charge is 2.33. The molecule has 0 bridgehead atoms. The fraction of sp³-hybridized carbons (Fsp3) is 0.600. The molecular formula is C10H15N3O4S. The maximum Gasteiger partial charge on any atom is 0.306 e. The lowest BCUT2D eigenvalue weighted by molar-refractivity contribution is -0.142. The summed E-state index contributed by atoms with van der Waals surface area (Å²) in [7, 11) is -1.99. The molecule has 1 N–H and O–H groups in total. The maximum atomic E-state index is 12.3. The number of aromatic nitrogens is 2. The van der Waals surface area contributed by atoms with Crippen molar-refractivity contribution in [2.24, 2.45) is 13.0 Å². The molecule has 1 fully saturated rings. The van der Waals surface area contributed by atoms with Crippen molar-refractivity contribution in [3.63, 3.8) is 0 Å². The molecule has 2 heterocycles. The molecule has 0 unspecified atom stereocenters. The molecule has 0 atom stereocenters. The highest BCUT2D eigenvalue weighted by molar-refractivity contribution is 7.89. The highest BCUT2D eigenvalue weighted by atomic mass is 32.2. The predicted molar refractivity (Wildman–Crippen MR) is 62.3 cm³/mol. The van der Waals surface area contributed by atoms with Crippen molar-refractivity contribution in [3.05, 3.63) is 12.3 Å². The zero-order valence-corrected chi connectivity index (χ0v) is 10.8. The first-order valence-corrected chi connectivity index (χ1v) is 7.08. The Hall–Kier alpha value is -1.41. The van der Waals surface area contributed by atoms with Crippen LogP contribution in [0.15, 0.2) is 17.3 Å². The Morgan fingerprint density at radius 1 is 1.44 bits per heavy atom. The van der Waals surface area contributed by atoms with Gasteiger partial charge in [0.05, 0.1) is 12.1 Å². The van der Waals surface area contributed by atoms with Gasteiger partial charge >= 0.3 is 5.97 Å². The summed E-state index contributed by atoms with van der Waals surface area (Å²) >= 11 is 0. The van der Waals surface area contributed by atoms with E-state index in [1.165, 1.54) is 21.3 Å². The third-order valence-electron chi connectivity index (χ3n) is 3.18. The first-order valence-electron chi connectivity index (χ1n) is 5.64. The Morgan fingerprint density at radius 3 is 2.50 bits per heavy atom. The zero-order chi connectivity index (χ0) is 13.3. The molecule has 2 rings (SSSR count). The number of carboxylic acid groups (broad SMARTS) is 1. The molecule has 0 radical (unpaired) electrons. The van der Waals surface area contributed by atoms with E-state index in [0.29, 0.717) is 12.8 Å². The largest absolute Gasteiger partial charge is 0.481 e. The van der Waals surface area contributed by atoms with Crippen molar-refractivity contribution in [1.29, 1.82) is 0 Å². The molecule has 0 aromatic carbocycles. The van der Waals surface area contributed by atoms with Gasteiger partial charge in [0, 0.05) is 20.1 Å². The van der Waals surface area contributed by atoms with Crippen molar-refractivity contribution in [3.8, 4) is 0 Å². The zero-order valence-electron chi connectivity index (χ0n) is 9.98. The van der Waals surface area contributed by atoms with Crippen LogP contribution in [-0.4, -0.2) is 46.7 Å². The third kappa shape index (κ3) is 2.25. The minimum absolute atomic E-state index is 0.135. The number of aryl methyl sites for hydroxylation is 1. The van der Waals surface area contributed by atoms with E-state index in [1.54, 1.807) is 7.05 Å². The number of carboxylic acids is 1. The highest BCUT2D eigenvalue weighted by Crippen LogP contribution is 2.23. The van der Waals surface area contributed by atoms with E-state index >= 15 is 0 Å². The molecule has 1 saturated heterocycles. The molecule has 0 aliphatic carbocycles. The first-order chi connectivity index (χ1) is 8.43. The van der Waals surface area contributed by atoms with E-state index in [2.05, 4.69) is 5.10 Å². The van der Waals surface area contributed by atoms with Crippen molar-refractivity contribution in [2.45, 2.75) is 17.9 Å². The fourth-order valence-electron chi connectivity index (χ4n) is 2.09. The molecule has 1 aliphatic rings. The lowest BCUT2D eigenvalue weighted by Gasteiger charge is -2.29. The van der Waals surface area contributed by atoms with E-state index in [-0.39, 0.29) is 18.1 Å². The van der Waals surface area contributed by atoms with E-state index in [4.69, 9.17) is 5.11 Å². The van der Waals surface area contributed by atoms with E-state index in [9.17, 15) is 13.2 Å². The predicted octanol–water partition coefficient (Wildman–Crippen LogP) is -0.0946. The number of aliphatic carboxylic acids is 1. The second-order valence-corrected chi connectivity index (χ2v) is 6.19. The van der Waals surface area contributed by atoms with Gasteiger partial charge in [0.1, 0.15) is 0 Å². The van der Waals surface area contributed by atoms with Crippen LogP contribution in [0.1, 0.15) is 12.8 Å². The average Bonchev–Trinajstić information content (AvgIpc) is 2.76. The Morgan fingerprint density at radius 2 is 2.06 bits per heavy atom. The quantitative estimate of drug-likeness (QED) is 0.830. The second kappa shape index (κ2) is 4.69. The van der Waals surface area contributed by atoms with E-state index in [0.717, 1.165) is 0 Å². The van der Waals surface area contributed by atoms with Gasteiger partial charge in [-0.15, -0.1) is 0 Å². The first kappa shape index (κ1) is 13.0. The molecule has 18 heavy (non-hydrogen) atoms. The number of nitrogens with zero attached hydrogens (tertiary/aromatic N) is 3. The van der Waals surface area contributed by atoms with Crippen LogP contribution in [0.4, 0.5) is 0 Å². The molecule has 8 heteroatoms. The number of rotatable bonds is 3. The van der Waals surface area contributed by atoms with Gasteiger partial charge in [0.15, 0.2) is 5.03 Å². The van der Waals surface area contributed by atoms with Crippen LogP contribution in [0.2, 0.25) is 0 Å². The average molecular weight is 273 g/mol. The molecule has 1 aromatic rings. The Bertz CT molecular complexity index is 543. The number of hydrogen-bond donors (Lipinski definition) is 1. The van der Waals surface area contributed by atoms with Gasteiger partial charge in [0.25, 0.3) is 10.0 Å². The number of sulfonamides is 1. The number of piperidine rings is 1. The normalized spacial score (nSPS) is 18.9. The summed E-state index contributed by atoms with van der Waals surface area (Å²) in [4.78, 5) is 10.8. The second-order valence-electron chi connectivity index (χ2n) is 4.31. The van der Waals surface area contributed by atoms with E-state index in [1.807, 2.05) is 0 Å². The summed E-state index contributed by atoms with van der Waals surface area (Å²) in [5.74, 6) is -1.30. The summed E-state index contributed by atoms with van der Waals surface area (Å²) in [5.41, 5.74) is 0. The van der Waals surface area contributed by atoms with Crippen LogP contribution >= 0.6 is 0 Å². The van der Waals surface area contributed by atoms with Gasteiger partial charge < -0.3 is 5.11 Å². The number of hydrogen-bond acceptors (Lipinski definition) is 4. The molecule has 0 amide bonds. The maximum absolute atomic E-state index is 12.3. The summed E-state index contributed by atoms with van der Waals surface area (Å²) < 4.78 is 27.2. The van der Waals surface area contributed by atoms with Crippen molar-refractivity contribution in [1.82, 2.24) is 14.1 Å². The number of carbonyl (C=O) groups is 1. The van der Waals surface area contributed by atoms with Gasteiger partial charge in [-0.2, -0.15) is 9.40 Å². The summed E-state index contributed by atoms with van der Waals surface area (Å²) in [6.45, 7) is 0.481. The van der Waals surface area contributed by atoms with Crippen LogP contribution in [0.5, 0.6) is 0 Å². The monoisotopic (exact) mass is 273 g/mol. The van der Waals surface area contributed by atoms with Gasteiger partial charge in [-0.25, -0.2) is 8.42 Å². The smallest absolute Gasteiger partial charge is 0.306 e. The lowest BCUT2D eigenvalue weighted by Crippen LogP contribution is -2.40. The van der Waals surface area contributed by atoms with E-state index < -0.39 is 21.9 Å². The topological polar surface area (TPSA) is 92.5 Å². The van der Waals surface area contributed by atoms with Gasteiger partial charge in [-0.3, -0.25) is 9.48 Å². The van der Waals surface area contributed by atoms with Gasteiger partial charge in [-0.05, 0) is 18.9 Å². The fourth-order valence-corrected chi connectivity index (χ4v) is 3.66. The SMILES string of the molecule is Cn1nccc1S(=O)(=O)N1CCC(C(=O)O)CC1. The molecule has 1 aromatic heterocycles. The minimum atomic E-state index is -3.56. The van der Waals surface area contributed by atoms with Gasteiger partial charge in [0.2, 0.25) is 0 Å². The Kier molecular flexibility index (Phi) is 3.40. The van der Waals surface area contributed by atoms with Gasteiger partial charge in [-0.1, -0.05) is 0 Å². The van der Waals surface area contributed by atoms with Crippen LogP contribution in [0.25, 0.3) is 0 Å². The van der Waals surface area contributed by atoms with Crippen LogP contribution in [-0.2, 0) is 21.9 Å². The van der Waals surface area contributed by atoms with Crippen molar-refractivity contribution >= 4 is 16.0 Å². The van der Waals surface area contributed by atoms with Crippen LogP contribution < -0.4 is 0 Å². The molecule has 1 aliphatic heterocycles. The molecule has 0 saturated carbocycles. The minimum Gasteiger partial charge on any atom is -0.481 e. The molecule has 100 valence electrons. The Balaban J connectivity index is 2.15. The standard InChI is InChI=1S/C10H15N3O4S/c1-12-9(2-5-11-12)18(16,17)13-6-3-8(4-7-13)10(14)15/h2,5,8H,3-4,6-7H2,1H3,(H,14,15). The third-order valence-corrected chi connectivity index (χ3v) is 5.16. The summed E-state index contributed by atoms with van der Waals surface area (Å²) in [6, 6.07) is 1.44. The van der Waals surface area contributed by atoms with Crippen LogP contribution in [0, 0.1) is 5.92 Å². The molecule has 0 spiro atoms. The molecular weight excluding hydrogens is 258 g/mol.